The number of carbonyl (C=O) groups is 1. The minimum Gasteiger partial charge on any atom is -0.381 e. The Labute approximate surface area is 187 Å². The highest BCUT2D eigenvalue weighted by Crippen LogP contribution is 2.31. The van der Waals surface area contributed by atoms with Crippen molar-refractivity contribution in [3.8, 4) is 11.3 Å². The molecule has 32 heavy (non-hydrogen) atoms. The van der Waals surface area contributed by atoms with E-state index in [9.17, 15) is 9.18 Å². The van der Waals surface area contributed by atoms with Crippen molar-refractivity contribution in [1.29, 1.82) is 0 Å². The highest BCUT2D eigenvalue weighted by atomic mass is 19.1. The molecule has 8 nitrogen and oxygen atoms in total. The van der Waals surface area contributed by atoms with Crippen LogP contribution in [0.5, 0.6) is 0 Å². The number of hydrogen-bond donors (Lipinski definition) is 4. The number of nitrogens with two attached hydrogens (primary N) is 2. The standard InChI is InChI=1S/C23H31FN6O2/c24-18-13-27-21(29-16-6-4-15(25)5-7-16)12-17(18)19-2-1-3-20(30-19)28-14-23(22(26)31)8-10-32-11-9-23/h1-3,12-13,15-16H,4-11,14,25H2,(H2,26,31)(H,27,29)(H,28,30). The van der Waals surface area contributed by atoms with Gasteiger partial charge in [-0.25, -0.2) is 14.4 Å². The molecule has 1 saturated heterocycles. The van der Waals surface area contributed by atoms with Gasteiger partial charge in [0.25, 0.3) is 0 Å². The highest BCUT2D eigenvalue weighted by molar-refractivity contribution is 5.81. The van der Waals surface area contributed by atoms with E-state index in [0.717, 1.165) is 25.7 Å². The molecule has 2 fully saturated rings. The first-order chi connectivity index (χ1) is 15.4. The van der Waals surface area contributed by atoms with E-state index in [4.69, 9.17) is 16.2 Å². The first-order valence-electron chi connectivity index (χ1n) is 11.2. The maximum absolute atomic E-state index is 14.6. The van der Waals surface area contributed by atoms with Crippen molar-refractivity contribution < 1.29 is 13.9 Å². The summed E-state index contributed by atoms with van der Waals surface area (Å²) >= 11 is 0. The molecule has 1 saturated carbocycles. The van der Waals surface area contributed by atoms with E-state index in [1.807, 2.05) is 0 Å². The molecule has 6 N–H and O–H groups in total. The van der Waals surface area contributed by atoms with Crippen molar-refractivity contribution in [3.63, 3.8) is 0 Å². The zero-order valence-electron chi connectivity index (χ0n) is 18.1. The summed E-state index contributed by atoms with van der Waals surface area (Å²) in [4.78, 5) is 20.9. The Kier molecular flexibility index (Phi) is 6.86. The summed E-state index contributed by atoms with van der Waals surface area (Å²) in [5, 5.41) is 6.62. The lowest BCUT2D eigenvalue weighted by atomic mass is 9.79. The van der Waals surface area contributed by atoms with Crippen molar-refractivity contribution in [1.82, 2.24) is 9.97 Å². The van der Waals surface area contributed by atoms with Crippen molar-refractivity contribution in [2.75, 3.05) is 30.4 Å². The van der Waals surface area contributed by atoms with Crippen LogP contribution in [0.4, 0.5) is 16.0 Å². The predicted octanol–water partition coefficient (Wildman–Crippen LogP) is 2.66. The van der Waals surface area contributed by atoms with Crippen LogP contribution < -0.4 is 22.1 Å². The number of amides is 1. The molecule has 0 bridgehead atoms. The number of primary amides is 1. The largest absolute Gasteiger partial charge is 0.381 e. The van der Waals surface area contributed by atoms with E-state index in [0.29, 0.717) is 55.5 Å². The van der Waals surface area contributed by atoms with Gasteiger partial charge in [0.15, 0.2) is 5.82 Å². The van der Waals surface area contributed by atoms with E-state index in [-0.39, 0.29) is 18.0 Å². The van der Waals surface area contributed by atoms with Gasteiger partial charge in [-0.05, 0) is 56.7 Å². The Balaban J connectivity index is 1.48. The number of nitrogens with zero attached hydrogens (tertiary/aromatic N) is 2. The van der Waals surface area contributed by atoms with E-state index in [2.05, 4.69) is 20.6 Å². The van der Waals surface area contributed by atoms with Gasteiger partial charge < -0.3 is 26.8 Å². The molecule has 3 heterocycles. The average molecular weight is 443 g/mol. The zero-order chi connectivity index (χ0) is 22.6. The van der Waals surface area contributed by atoms with Crippen molar-refractivity contribution >= 4 is 17.5 Å². The summed E-state index contributed by atoms with van der Waals surface area (Å²) in [6, 6.07) is 7.59. The second kappa shape index (κ2) is 9.79. The molecule has 1 aliphatic heterocycles. The molecule has 0 atom stereocenters. The van der Waals surface area contributed by atoms with E-state index < -0.39 is 11.2 Å². The third-order valence-corrected chi connectivity index (χ3v) is 6.58. The van der Waals surface area contributed by atoms with Crippen LogP contribution in [0.15, 0.2) is 30.5 Å². The fourth-order valence-electron chi connectivity index (χ4n) is 4.40. The number of anilines is 2. The quantitative estimate of drug-likeness (QED) is 0.519. The first kappa shape index (κ1) is 22.4. The summed E-state index contributed by atoms with van der Waals surface area (Å²) in [6.45, 7) is 1.36. The molecule has 0 spiro atoms. The van der Waals surface area contributed by atoms with Crippen LogP contribution in [0.1, 0.15) is 38.5 Å². The second-order valence-corrected chi connectivity index (χ2v) is 8.82. The van der Waals surface area contributed by atoms with Crippen LogP contribution in [-0.4, -0.2) is 47.7 Å². The molecular formula is C23H31FN6O2. The van der Waals surface area contributed by atoms with Crippen molar-refractivity contribution in [2.24, 2.45) is 16.9 Å². The van der Waals surface area contributed by atoms with Gasteiger partial charge >= 0.3 is 0 Å². The van der Waals surface area contributed by atoms with Gasteiger partial charge in [0.1, 0.15) is 11.6 Å². The van der Waals surface area contributed by atoms with Crippen LogP contribution in [0.3, 0.4) is 0 Å². The van der Waals surface area contributed by atoms with Gasteiger partial charge in [-0.2, -0.15) is 0 Å². The van der Waals surface area contributed by atoms with Gasteiger partial charge in [-0.15, -0.1) is 0 Å². The Morgan fingerprint density at radius 3 is 2.66 bits per heavy atom. The zero-order valence-corrected chi connectivity index (χ0v) is 18.1. The number of ether oxygens (including phenoxy) is 1. The molecule has 1 amide bonds. The van der Waals surface area contributed by atoms with Gasteiger partial charge in [-0.1, -0.05) is 6.07 Å². The Hall–Kier alpha value is -2.78. The second-order valence-electron chi connectivity index (χ2n) is 8.82. The molecule has 0 aromatic carbocycles. The molecule has 4 rings (SSSR count). The van der Waals surface area contributed by atoms with Crippen LogP contribution >= 0.6 is 0 Å². The molecule has 2 aliphatic rings. The molecule has 0 unspecified atom stereocenters. The third-order valence-electron chi connectivity index (χ3n) is 6.58. The minimum atomic E-state index is -0.669. The van der Waals surface area contributed by atoms with E-state index >= 15 is 0 Å². The smallest absolute Gasteiger partial charge is 0.225 e. The summed E-state index contributed by atoms with van der Waals surface area (Å²) in [6.07, 6.45) is 6.24. The number of carbonyl (C=O) groups excluding carboxylic acids is 1. The number of rotatable bonds is 7. The number of hydrogen-bond acceptors (Lipinski definition) is 7. The third kappa shape index (κ3) is 5.16. The number of aromatic nitrogens is 2. The van der Waals surface area contributed by atoms with E-state index in [1.54, 1.807) is 24.3 Å². The van der Waals surface area contributed by atoms with Gasteiger partial charge in [0.05, 0.1) is 17.3 Å². The van der Waals surface area contributed by atoms with Crippen LogP contribution in [0.2, 0.25) is 0 Å². The molecule has 1 aliphatic carbocycles. The SMILES string of the molecule is NC(=O)C1(CNc2cccc(-c3cc(NC4CCC(N)CC4)ncc3F)n2)CCOCC1. The molecule has 2 aromatic rings. The fraction of sp³-hybridized carbons (Fsp3) is 0.522. The maximum atomic E-state index is 14.6. The van der Waals surface area contributed by atoms with Gasteiger partial charge in [0, 0.05) is 37.4 Å². The summed E-state index contributed by atoms with van der Waals surface area (Å²) < 4.78 is 20.0. The molecule has 2 aromatic heterocycles. The number of halogens is 1. The summed E-state index contributed by atoms with van der Waals surface area (Å²) in [5.41, 5.74) is 11.9. The van der Waals surface area contributed by atoms with Crippen LogP contribution in [0.25, 0.3) is 11.3 Å². The lowest BCUT2D eigenvalue weighted by molar-refractivity contribution is -0.132. The number of pyridine rings is 2. The molecule has 172 valence electrons. The van der Waals surface area contributed by atoms with Gasteiger partial charge in [0.2, 0.25) is 5.91 Å². The minimum absolute atomic E-state index is 0.263. The van der Waals surface area contributed by atoms with Crippen LogP contribution in [-0.2, 0) is 9.53 Å². The molecule has 9 heteroatoms. The molecule has 0 radical (unpaired) electrons. The monoisotopic (exact) mass is 442 g/mol. The average Bonchev–Trinajstić information content (AvgIpc) is 2.81. The Morgan fingerprint density at radius 1 is 1.19 bits per heavy atom. The normalized spacial score (nSPS) is 22.8. The fourth-order valence-corrected chi connectivity index (χ4v) is 4.40. The molecular weight excluding hydrogens is 411 g/mol. The highest BCUT2D eigenvalue weighted by Gasteiger charge is 2.38. The Morgan fingerprint density at radius 2 is 1.94 bits per heavy atom. The van der Waals surface area contributed by atoms with E-state index in [1.165, 1.54) is 6.20 Å². The maximum Gasteiger partial charge on any atom is 0.225 e. The van der Waals surface area contributed by atoms with Crippen LogP contribution in [0, 0.1) is 11.2 Å². The lowest BCUT2D eigenvalue weighted by Gasteiger charge is -2.34. The topological polar surface area (TPSA) is 128 Å². The van der Waals surface area contributed by atoms with Crippen molar-refractivity contribution in [3.05, 3.63) is 36.3 Å². The Bertz CT molecular complexity index is 942. The first-order valence-corrected chi connectivity index (χ1v) is 11.2. The summed E-state index contributed by atoms with van der Waals surface area (Å²) in [5.74, 6) is 0.395. The summed E-state index contributed by atoms with van der Waals surface area (Å²) in [7, 11) is 0. The van der Waals surface area contributed by atoms with Crippen molar-refractivity contribution in [2.45, 2.75) is 50.6 Å². The lowest BCUT2D eigenvalue weighted by Crippen LogP contribution is -2.46. The van der Waals surface area contributed by atoms with Gasteiger partial charge in [-0.3, -0.25) is 4.79 Å². The predicted molar refractivity (Wildman–Crippen MR) is 121 cm³/mol. The number of nitrogens with one attached hydrogen (secondary N) is 2.